The van der Waals surface area contributed by atoms with Crippen molar-refractivity contribution in [2.24, 2.45) is 0 Å². The van der Waals surface area contributed by atoms with Crippen molar-refractivity contribution in [1.82, 2.24) is 0 Å². The summed E-state index contributed by atoms with van der Waals surface area (Å²) in [5.74, 6) is 0. The Kier molecular flexibility index (Phi) is 26.6. The van der Waals surface area contributed by atoms with Crippen LogP contribution in [0.3, 0.4) is 0 Å². The van der Waals surface area contributed by atoms with Gasteiger partial charge in [0, 0.05) is 0 Å². The molecule has 0 unspecified atom stereocenters. The maximum absolute atomic E-state index is 8.65. The van der Waals surface area contributed by atoms with Crippen LogP contribution < -0.4 is 22.6 Å². The van der Waals surface area contributed by atoms with E-state index in [2.05, 4.69) is 0 Å². The van der Waals surface area contributed by atoms with Crippen molar-refractivity contribution in [1.29, 1.82) is 0 Å². The summed E-state index contributed by atoms with van der Waals surface area (Å²) < 4.78 is 104. The Balaban J connectivity index is -0.0000000400. The van der Waals surface area contributed by atoms with Crippen molar-refractivity contribution >= 4 is 0 Å². The third-order valence-electron chi connectivity index (χ3n) is 0. The van der Waals surface area contributed by atoms with E-state index in [0.717, 1.165) is 0 Å². The van der Waals surface area contributed by atoms with Crippen molar-refractivity contribution in [3.8, 4) is 0 Å². The molecule has 0 N–H and O–H groups in total. The quantitative estimate of drug-likeness (QED) is 0.220. The van der Waals surface area contributed by atoms with Gasteiger partial charge in [-0.2, -0.15) is 0 Å². The van der Waals surface area contributed by atoms with Crippen LogP contribution in [0.25, 0.3) is 0 Å². The molecule has 12 nitrogen and oxygen atoms in total. The normalized spacial score (nSPS) is 10.2. The molecule has 0 rings (SSSR count). The molecule has 0 aromatic carbocycles. The van der Waals surface area contributed by atoms with Gasteiger partial charge in [-0.1, -0.05) is 0 Å². The average molecular weight is 1080 g/mol. The zero-order valence-electron chi connectivity index (χ0n) is 6.70. The van der Waals surface area contributed by atoms with Crippen LogP contribution >= 0.6 is 0 Å². The Morgan fingerprint density at radius 2 is 0.412 bits per heavy atom. The average Bonchev–Trinajstić information content (AvgIpc) is 1.41. The van der Waals surface area contributed by atoms with Gasteiger partial charge in [-0.25, -0.2) is 0 Å². The van der Waals surface area contributed by atoms with Crippen LogP contribution in [0.4, 0.5) is 0 Å². The number of hydrogen-bond acceptors (Lipinski definition) is 12. The molecule has 0 saturated heterocycles. The van der Waals surface area contributed by atoms with Crippen molar-refractivity contribution in [3.05, 3.63) is 0 Å². The Labute approximate surface area is 164 Å². The summed E-state index contributed by atoms with van der Waals surface area (Å²) in [7, 11) is 0. The van der Waals surface area contributed by atoms with Gasteiger partial charge in [0.1, 0.15) is 0 Å². The van der Waals surface area contributed by atoms with E-state index in [1.165, 1.54) is 0 Å². The van der Waals surface area contributed by atoms with E-state index < -0.39 is 50.2 Å². The van der Waals surface area contributed by atoms with E-state index in [1.807, 2.05) is 0 Å². The second-order valence-electron chi connectivity index (χ2n) is 1.22. The van der Waals surface area contributed by atoms with Gasteiger partial charge >= 0.3 is 168 Å². The van der Waals surface area contributed by atoms with Crippen molar-refractivity contribution in [3.63, 3.8) is 0 Å². The first-order chi connectivity index (χ1) is 6.00. The summed E-state index contributed by atoms with van der Waals surface area (Å²) in [5, 5.41) is 0. The first kappa shape index (κ1) is 32.2. The fraction of sp³-hybridized carbons (Fsp3) is 0. The first-order valence-corrected chi connectivity index (χ1v) is 16.4. The molecule has 2 radical (unpaired) electrons. The van der Waals surface area contributed by atoms with Crippen LogP contribution in [0, 0.1) is 74.6 Å². The fourth-order valence-corrected chi connectivity index (χ4v) is 0. The van der Waals surface area contributed by atoms with Gasteiger partial charge in [-0.05, 0) is 0 Å². The van der Waals surface area contributed by atoms with E-state index >= 15 is 0 Å². The zero-order valence-corrected chi connectivity index (χ0v) is 19.2. The van der Waals surface area contributed by atoms with Gasteiger partial charge in [-0.15, -0.1) is 0 Å². The standard InChI is InChI=1S/2Er.12O.3W/q2*+3;;;;;;;6*-1;;;. The SMILES string of the molecule is [Er+3].[Er+3].[O]=[W](=[O])([O-])[O-].[O]=[W](=[O])([O-])[O-].[O]=[W](=[O])([O-])[O-]. The monoisotopic (exact) mass is 1080 g/mol. The third-order valence-corrected chi connectivity index (χ3v) is 0. The van der Waals surface area contributed by atoms with Crippen LogP contribution in [-0.2, 0) is 70.6 Å². The van der Waals surface area contributed by atoms with Gasteiger partial charge in [0.2, 0.25) is 0 Å². The summed E-state index contributed by atoms with van der Waals surface area (Å²) in [4.78, 5) is 0. The van der Waals surface area contributed by atoms with E-state index in [9.17, 15) is 0 Å². The summed E-state index contributed by atoms with van der Waals surface area (Å²) in [6.45, 7) is 0. The van der Waals surface area contributed by atoms with E-state index in [4.69, 9.17) is 42.9 Å². The third kappa shape index (κ3) is 576. The van der Waals surface area contributed by atoms with E-state index in [1.54, 1.807) is 0 Å². The second kappa shape index (κ2) is 14.1. The molecular formula is Er2O12W3. The van der Waals surface area contributed by atoms with Crippen LogP contribution in [0.1, 0.15) is 0 Å². The number of hydrogen-bond donors (Lipinski definition) is 0. The molecule has 0 fully saturated rings. The molecule has 0 saturated carbocycles. The molecule has 0 spiro atoms. The molecule has 0 aliphatic heterocycles. The summed E-state index contributed by atoms with van der Waals surface area (Å²) >= 11 is -18.5. The Morgan fingerprint density at radius 3 is 0.412 bits per heavy atom. The Bertz CT molecular complexity index is 341. The van der Waals surface area contributed by atoms with Crippen LogP contribution in [0.2, 0.25) is 0 Å². The minimum absolute atomic E-state index is 0. The van der Waals surface area contributed by atoms with Gasteiger partial charge < -0.3 is 0 Å². The molecule has 0 heterocycles. The van der Waals surface area contributed by atoms with Crippen molar-refractivity contribution in [2.75, 3.05) is 0 Å². The van der Waals surface area contributed by atoms with Crippen molar-refractivity contribution in [2.45, 2.75) is 0 Å². The molecule has 17 heavy (non-hydrogen) atoms. The molecule has 17 heteroatoms. The first-order valence-electron chi connectivity index (χ1n) is 2.00. The summed E-state index contributed by atoms with van der Waals surface area (Å²) in [6.07, 6.45) is 0. The van der Waals surface area contributed by atoms with E-state index in [-0.39, 0.29) is 74.6 Å². The maximum atomic E-state index is 8.65. The summed E-state index contributed by atoms with van der Waals surface area (Å²) in [5.41, 5.74) is 0. The molecule has 0 bridgehead atoms. The van der Waals surface area contributed by atoms with Gasteiger partial charge in [0.25, 0.3) is 0 Å². The number of rotatable bonds is 0. The van der Waals surface area contributed by atoms with Crippen LogP contribution in [0.5, 0.6) is 0 Å². The van der Waals surface area contributed by atoms with Crippen LogP contribution in [-0.4, -0.2) is 0 Å². The molecule has 0 aliphatic rings. The molecular weight excluding hydrogens is 1080 g/mol. The Morgan fingerprint density at radius 1 is 0.412 bits per heavy atom. The minimum atomic E-state index is -6.17. The predicted octanol–water partition coefficient (Wildman–Crippen LogP) is -7.85. The Hall–Kier alpha value is 3.12. The molecule has 0 amide bonds. The topological polar surface area (TPSA) is 241 Å². The molecule has 0 aliphatic carbocycles. The zero-order chi connectivity index (χ0) is 13.5. The van der Waals surface area contributed by atoms with Gasteiger partial charge in [0.05, 0.1) is 0 Å². The van der Waals surface area contributed by atoms with E-state index in [0.29, 0.717) is 0 Å². The molecule has 0 aromatic rings. The summed E-state index contributed by atoms with van der Waals surface area (Å²) in [6, 6.07) is 0. The fourth-order valence-electron chi connectivity index (χ4n) is 0. The predicted molar refractivity (Wildman–Crippen MR) is 4.12 cm³/mol. The molecule has 0 aromatic heterocycles. The van der Waals surface area contributed by atoms with Gasteiger partial charge in [-0.3, -0.25) is 0 Å². The second-order valence-corrected chi connectivity index (χ2v) is 10.0. The molecule has 0 atom stereocenters. The van der Waals surface area contributed by atoms with Gasteiger partial charge in [0.15, 0.2) is 0 Å². The van der Waals surface area contributed by atoms with Crippen LogP contribution in [0.15, 0.2) is 0 Å². The van der Waals surface area contributed by atoms with Crippen molar-refractivity contribution < 1.29 is 168 Å². The molecule has 114 valence electrons.